The monoisotopic (exact) mass is 732 g/mol. The average molecular weight is 733 g/mol. The normalized spacial score (nSPS) is 10.9. The third-order valence-electron chi connectivity index (χ3n) is 8.90. The molecule has 0 fully saturated rings. The first kappa shape index (κ1) is 36.6. The molecule has 0 spiro atoms. The molecule has 4 heterocycles. The number of benzene rings is 2. The molecule has 14 nitrogen and oxygen atoms in total. The van der Waals surface area contributed by atoms with E-state index in [1.807, 2.05) is 0 Å². The van der Waals surface area contributed by atoms with Gasteiger partial charge in [-0.25, -0.2) is 19.2 Å². The van der Waals surface area contributed by atoms with Crippen LogP contribution in [0.2, 0.25) is 0 Å². The molecule has 14 heteroatoms. The van der Waals surface area contributed by atoms with Gasteiger partial charge in [0.2, 0.25) is 11.6 Å². The molecule has 0 unspecified atom stereocenters. The zero-order valence-electron chi connectivity index (χ0n) is 29.9. The maximum absolute atomic E-state index is 14.0. The van der Waals surface area contributed by atoms with Crippen LogP contribution in [0.25, 0.3) is 22.2 Å². The number of ether oxygens (including phenoxy) is 6. The van der Waals surface area contributed by atoms with Crippen LogP contribution in [0.15, 0.2) is 85.2 Å². The van der Waals surface area contributed by atoms with Gasteiger partial charge >= 0.3 is 23.9 Å². The number of nitrogens with zero attached hydrogens (tertiary/aromatic N) is 2. The minimum absolute atomic E-state index is 0.130. The Morgan fingerprint density at radius 2 is 0.741 bits per heavy atom. The van der Waals surface area contributed by atoms with Gasteiger partial charge < -0.3 is 37.2 Å². The second kappa shape index (κ2) is 14.8. The van der Waals surface area contributed by atoms with E-state index in [0.717, 1.165) is 28.4 Å². The van der Waals surface area contributed by atoms with Gasteiger partial charge in [-0.3, -0.25) is 9.59 Å². The summed E-state index contributed by atoms with van der Waals surface area (Å²) in [4.78, 5) is 81.3. The summed E-state index contributed by atoms with van der Waals surface area (Å²) in [6, 6.07) is 18.8. The van der Waals surface area contributed by atoms with Gasteiger partial charge in [-0.15, -0.1) is 0 Å². The Labute approximate surface area is 307 Å². The highest BCUT2D eigenvalue weighted by Gasteiger charge is 2.35. The molecule has 0 saturated carbocycles. The van der Waals surface area contributed by atoms with Crippen LogP contribution in [-0.4, -0.2) is 86.9 Å². The summed E-state index contributed by atoms with van der Waals surface area (Å²) in [5.41, 5.74) is 0.235. The zero-order chi connectivity index (χ0) is 38.8. The lowest BCUT2D eigenvalue weighted by atomic mass is 10.0. The molecule has 0 atom stereocenters. The standard InChI is InChI=1S/C40H32N2O12/c1-49-25-11-7-21(8-12-25)35(43)33-31(39(47)53-5)29(37(45)51-3)27-19-23(15-17-41(27)33)24-16-18-42-28(20-24)30(38(46)52-4)32(40(48)54-6)34(42)36(44)22-9-13-26(50-2)14-10-22/h7-20H,1-6H3. The number of aromatic nitrogens is 2. The van der Waals surface area contributed by atoms with Crippen LogP contribution in [0.3, 0.4) is 0 Å². The molecular formula is C40H32N2O12. The average Bonchev–Trinajstić information content (AvgIpc) is 3.75. The number of ketones is 2. The van der Waals surface area contributed by atoms with Crippen LogP contribution in [0, 0.1) is 0 Å². The Kier molecular flexibility index (Phi) is 10.0. The van der Waals surface area contributed by atoms with Gasteiger partial charge in [0.05, 0.1) is 53.7 Å². The Morgan fingerprint density at radius 1 is 0.426 bits per heavy atom. The van der Waals surface area contributed by atoms with E-state index in [1.54, 1.807) is 48.5 Å². The van der Waals surface area contributed by atoms with E-state index in [2.05, 4.69) is 0 Å². The Morgan fingerprint density at radius 3 is 1.04 bits per heavy atom. The molecule has 0 bridgehead atoms. The van der Waals surface area contributed by atoms with E-state index >= 15 is 0 Å². The zero-order valence-corrected chi connectivity index (χ0v) is 29.9. The molecule has 0 aliphatic heterocycles. The van der Waals surface area contributed by atoms with E-state index in [4.69, 9.17) is 28.4 Å². The van der Waals surface area contributed by atoms with Crippen molar-refractivity contribution in [2.45, 2.75) is 0 Å². The van der Waals surface area contributed by atoms with Crippen LogP contribution in [0.1, 0.15) is 73.5 Å². The van der Waals surface area contributed by atoms with Gasteiger partial charge in [-0.1, -0.05) is 0 Å². The van der Waals surface area contributed by atoms with Crippen molar-refractivity contribution >= 4 is 46.5 Å². The molecule has 6 aromatic rings. The van der Waals surface area contributed by atoms with Gasteiger partial charge in [-0.2, -0.15) is 0 Å². The lowest BCUT2D eigenvalue weighted by Gasteiger charge is -2.09. The molecule has 6 rings (SSSR count). The Balaban J connectivity index is 1.60. The van der Waals surface area contributed by atoms with Gasteiger partial charge in [0.15, 0.2) is 0 Å². The third-order valence-corrected chi connectivity index (χ3v) is 8.90. The van der Waals surface area contributed by atoms with Crippen LogP contribution in [-0.2, 0) is 18.9 Å². The minimum Gasteiger partial charge on any atom is -0.497 e. The quantitative estimate of drug-likeness (QED) is 0.0936. The molecule has 54 heavy (non-hydrogen) atoms. The molecule has 2 aromatic carbocycles. The molecule has 0 aliphatic carbocycles. The number of pyridine rings is 2. The van der Waals surface area contributed by atoms with Crippen molar-refractivity contribution in [3.63, 3.8) is 0 Å². The highest BCUT2D eigenvalue weighted by molar-refractivity contribution is 6.21. The number of carbonyl (C=O) groups is 6. The summed E-state index contributed by atoms with van der Waals surface area (Å²) in [6.45, 7) is 0. The molecule has 274 valence electrons. The van der Waals surface area contributed by atoms with Crippen molar-refractivity contribution in [1.82, 2.24) is 8.80 Å². The van der Waals surface area contributed by atoms with Gasteiger partial charge in [0.1, 0.15) is 45.1 Å². The van der Waals surface area contributed by atoms with Crippen molar-refractivity contribution in [1.29, 1.82) is 0 Å². The first-order chi connectivity index (χ1) is 26.0. The summed E-state index contributed by atoms with van der Waals surface area (Å²) in [6.07, 6.45) is 3.00. The van der Waals surface area contributed by atoms with E-state index in [9.17, 15) is 28.8 Å². The molecule has 0 amide bonds. The van der Waals surface area contributed by atoms with Gasteiger partial charge in [0, 0.05) is 23.5 Å². The minimum atomic E-state index is -0.945. The van der Waals surface area contributed by atoms with E-state index in [0.29, 0.717) is 22.6 Å². The first-order valence-electron chi connectivity index (χ1n) is 16.1. The summed E-state index contributed by atoms with van der Waals surface area (Å²) >= 11 is 0. The van der Waals surface area contributed by atoms with Crippen molar-refractivity contribution < 1.29 is 57.2 Å². The first-order valence-corrected chi connectivity index (χ1v) is 16.1. The molecule has 0 N–H and O–H groups in total. The number of methoxy groups -OCH3 is 6. The molecule has 0 saturated heterocycles. The van der Waals surface area contributed by atoms with Crippen molar-refractivity contribution in [2.24, 2.45) is 0 Å². The SMILES string of the molecule is COC(=O)c1c(C(=O)OC)c2cc(-c3ccn4c(C(=O)c5ccc(OC)cc5)c(C(=O)OC)c(C(=O)OC)c4c3)ccn2c1C(=O)c1ccc(OC)cc1. The lowest BCUT2D eigenvalue weighted by Crippen LogP contribution is -2.15. The van der Waals surface area contributed by atoms with Crippen molar-refractivity contribution in [2.75, 3.05) is 42.7 Å². The second-order valence-corrected chi connectivity index (χ2v) is 11.6. The highest BCUT2D eigenvalue weighted by Crippen LogP contribution is 2.35. The number of hydrogen-bond acceptors (Lipinski definition) is 12. The fourth-order valence-electron chi connectivity index (χ4n) is 6.29. The topological polar surface area (TPSA) is 167 Å². The molecule has 0 aliphatic rings. The second-order valence-electron chi connectivity index (χ2n) is 11.6. The van der Waals surface area contributed by atoms with Crippen LogP contribution in [0.4, 0.5) is 0 Å². The number of carbonyl (C=O) groups excluding carboxylic acids is 6. The summed E-state index contributed by atoms with van der Waals surface area (Å²) < 4.78 is 33.4. The summed E-state index contributed by atoms with van der Waals surface area (Å²) in [7, 11) is 7.49. The number of rotatable bonds is 11. The van der Waals surface area contributed by atoms with E-state index < -0.39 is 35.4 Å². The number of fused-ring (bicyclic) bond motifs is 2. The largest absolute Gasteiger partial charge is 0.497 e. The predicted octanol–water partition coefficient (Wildman–Crippen LogP) is 5.48. The maximum Gasteiger partial charge on any atom is 0.341 e. The number of hydrogen-bond donors (Lipinski definition) is 0. The summed E-state index contributed by atoms with van der Waals surface area (Å²) in [5.74, 6) is -3.86. The Bertz CT molecular complexity index is 2330. The van der Waals surface area contributed by atoms with E-state index in [-0.39, 0.29) is 55.8 Å². The highest BCUT2D eigenvalue weighted by atomic mass is 16.5. The fraction of sp³-hybridized carbons (Fsp3) is 0.150. The van der Waals surface area contributed by atoms with Crippen LogP contribution < -0.4 is 9.47 Å². The van der Waals surface area contributed by atoms with Gasteiger partial charge in [-0.05, 0) is 83.9 Å². The smallest absolute Gasteiger partial charge is 0.341 e. The molecule has 4 aromatic heterocycles. The van der Waals surface area contributed by atoms with Crippen molar-refractivity contribution in [3.8, 4) is 22.6 Å². The Hall–Kier alpha value is -7.22. The third kappa shape index (κ3) is 6.08. The van der Waals surface area contributed by atoms with Crippen LogP contribution in [0.5, 0.6) is 11.5 Å². The lowest BCUT2D eigenvalue weighted by molar-refractivity contribution is 0.0556. The maximum atomic E-state index is 14.0. The fourth-order valence-corrected chi connectivity index (χ4v) is 6.29. The van der Waals surface area contributed by atoms with E-state index in [1.165, 1.54) is 59.7 Å². The van der Waals surface area contributed by atoms with Crippen LogP contribution >= 0.6 is 0 Å². The molecule has 0 radical (unpaired) electrons. The molecular weight excluding hydrogens is 700 g/mol. The number of esters is 4. The summed E-state index contributed by atoms with van der Waals surface area (Å²) in [5, 5.41) is 0. The van der Waals surface area contributed by atoms with Crippen molar-refractivity contribution in [3.05, 3.63) is 130 Å². The predicted molar refractivity (Wildman–Crippen MR) is 192 cm³/mol. The van der Waals surface area contributed by atoms with Gasteiger partial charge in [0.25, 0.3) is 0 Å².